The van der Waals surface area contributed by atoms with Gasteiger partial charge in [-0.25, -0.2) is 4.39 Å². The van der Waals surface area contributed by atoms with Crippen LogP contribution in [0.2, 0.25) is 0 Å². The van der Waals surface area contributed by atoms with Crippen molar-refractivity contribution >= 4 is 47.2 Å². The summed E-state index contributed by atoms with van der Waals surface area (Å²) in [6.45, 7) is 3.80. The molecule has 3 rings (SSSR count). The van der Waals surface area contributed by atoms with Gasteiger partial charge in [-0.05, 0) is 29.8 Å². The lowest BCUT2D eigenvalue weighted by Crippen LogP contribution is -2.39. The molecule has 0 spiro atoms. The van der Waals surface area contributed by atoms with Crippen LogP contribution in [0.4, 0.5) is 15.8 Å². The molecule has 0 atom stereocenters. The Morgan fingerprint density at radius 3 is 2.26 bits per heavy atom. The normalized spacial score (nSPS) is 11.9. The summed E-state index contributed by atoms with van der Waals surface area (Å²) in [6, 6.07) is 1.59. The van der Waals surface area contributed by atoms with E-state index in [-0.39, 0.29) is 49.2 Å². The van der Waals surface area contributed by atoms with Crippen molar-refractivity contribution in [3.05, 3.63) is 40.3 Å². The Bertz CT molecular complexity index is 1450. The molecule has 0 unspecified atom stereocenters. The number of nitrogens with two attached hydrogens (primary N) is 1. The number of nitrogens with one attached hydrogen (secondary N) is 5. The Kier molecular flexibility index (Phi) is 13.0. The predicted molar refractivity (Wildman–Crippen MR) is 160 cm³/mol. The fraction of sp³-hybridized carbons (Fsp3) is 0.414. The Hall–Kier alpha value is -4.40. The van der Waals surface area contributed by atoms with Crippen molar-refractivity contribution in [2.75, 3.05) is 64.3 Å². The number of rotatable bonds is 17. The van der Waals surface area contributed by atoms with E-state index in [1.165, 1.54) is 18.5 Å². The lowest BCUT2D eigenvalue weighted by atomic mass is 9.97. The highest BCUT2D eigenvalue weighted by molar-refractivity contribution is 6.13. The first-order chi connectivity index (χ1) is 20.7. The molecule has 13 nitrogen and oxygen atoms in total. The number of carbonyl (C=O) groups excluding carboxylic acids is 3. The van der Waals surface area contributed by atoms with E-state index in [1.807, 2.05) is 0 Å². The van der Waals surface area contributed by atoms with Gasteiger partial charge in [0.05, 0.1) is 57.2 Å². The first-order valence-electron chi connectivity index (χ1n) is 13.8. The zero-order valence-electron chi connectivity index (χ0n) is 24.3. The van der Waals surface area contributed by atoms with Gasteiger partial charge in [0, 0.05) is 61.6 Å². The van der Waals surface area contributed by atoms with Gasteiger partial charge in [-0.2, -0.15) is 0 Å². The Morgan fingerprint density at radius 2 is 1.63 bits per heavy atom. The fourth-order valence-electron chi connectivity index (χ4n) is 3.99. The summed E-state index contributed by atoms with van der Waals surface area (Å²) in [6.07, 6.45) is 6.48. The second kappa shape index (κ2) is 16.9. The molecule has 0 saturated carbocycles. The van der Waals surface area contributed by atoms with Gasteiger partial charge >= 0.3 is 0 Å². The number of nitrogen functional groups attached to an aromatic ring is 1. The molecule has 1 aliphatic heterocycles. The molecule has 1 aliphatic rings. The van der Waals surface area contributed by atoms with Crippen LogP contribution in [0.15, 0.2) is 18.5 Å². The number of hydrogen-bond acceptors (Lipinski definition) is 10. The smallest absolute Gasteiger partial charge is 0.227 e. The van der Waals surface area contributed by atoms with Crippen molar-refractivity contribution in [2.45, 2.75) is 26.2 Å². The lowest BCUT2D eigenvalue weighted by Gasteiger charge is -2.18. The second-order valence-electron chi connectivity index (χ2n) is 9.52. The average Bonchev–Trinajstić information content (AvgIpc) is 2.94. The first kappa shape index (κ1) is 33.1. The fourth-order valence-corrected chi connectivity index (χ4v) is 3.99. The van der Waals surface area contributed by atoms with E-state index in [2.05, 4.69) is 26.3 Å². The van der Waals surface area contributed by atoms with E-state index in [0.29, 0.717) is 72.4 Å². The highest BCUT2D eigenvalue weighted by atomic mass is 19.1. The number of hydrogen-bond donors (Lipinski definition) is 6. The number of nitrogens with zero attached hydrogens (tertiary/aromatic N) is 1. The first-order valence-corrected chi connectivity index (χ1v) is 13.8. The largest absolute Gasteiger partial charge is 0.397 e. The van der Waals surface area contributed by atoms with E-state index in [4.69, 9.17) is 25.4 Å². The number of amides is 3. The molecule has 0 saturated heterocycles. The van der Waals surface area contributed by atoms with E-state index in [0.717, 1.165) is 0 Å². The topological polar surface area (TPSA) is 190 Å². The lowest BCUT2D eigenvalue weighted by molar-refractivity contribution is -0.123. The highest BCUT2D eigenvalue weighted by Crippen LogP contribution is 2.30. The van der Waals surface area contributed by atoms with Gasteiger partial charge in [0.1, 0.15) is 5.84 Å². The minimum absolute atomic E-state index is 0.0313. The van der Waals surface area contributed by atoms with Crippen molar-refractivity contribution in [3.63, 3.8) is 0 Å². The summed E-state index contributed by atoms with van der Waals surface area (Å²) >= 11 is 0. The molecule has 43 heavy (non-hydrogen) atoms. The van der Waals surface area contributed by atoms with Gasteiger partial charge < -0.3 is 41.2 Å². The molecular formula is C29H38FN7O6. The summed E-state index contributed by atoms with van der Waals surface area (Å²) in [5.74, 6) is -1.43. The number of pyridine rings is 1. The zero-order valence-corrected chi connectivity index (χ0v) is 24.3. The third-order valence-electron chi connectivity index (χ3n) is 6.46. The van der Waals surface area contributed by atoms with E-state index < -0.39 is 11.7 Å². The van der Waals surface area contributed by atoms with Crippen LogP contribution < -0.4 is 37.4 Å². The number of ether oxygens (including phenoxy) is 3. The summed E-state index contributed by atoms with van der Waals surface area (Å²) < 4.78 is 31.1. The Balaban J connectivity index is 1.34. The van der Waals surface area contributed by atoms with Gasteiger partial charge in [0.2, 0.25) is 17.7 Å². The van der Waals surface area contributed by atoms with Crippen LogP contribution in [-0.2, 0) is 28.6 Å². The number of anilines is 2. The van der Waals surface area contributed by atoms with Gasteiger partial charge in [-0.3, -0.25) is 24.8 Å². The van der Waals surface area contributed by atoms with Crippen molar-refractivity contribution in [3.8, 4) is 11.1 Å². The maximum absolute atomic E-state index is 15.1. The van der Waals surface area contributed by atoms with Crippen LogP contribution >= 0.6 is 0 Å². The minimum atomic E-state index is -0.452. The zero-order chi connectivity index (χ0) is 31.2. The molecule has 1 aromatic carbocycles. The number of fused-ring (bicyclic) bond motifs is 1. The van der Waals surface area contributed by atoms with Crippen molar-refractivity contribution in [1.82, 2.24) is 20.9 Å². The van der Waals surface area contributed by atoms with Crippen molar-refractivity contribution < 1.29 is 33.0 Å². The van der Waals surface area contributed by atoms with Crippen LogP contribution in [0.3, 0.4) is 0 Å². The summed E-state index contributed by atoms with van der Waals surface area (Å²) in [4.78, 5) is 39.4. The maximum atomic E-state index is 15.1. The molecular weight excluding hydrogens is 561 g/mol. The van der Waals surface area contributed by atoms with Gasteiger partial charge in [0.25, 0.3) is 0 Å². The van der Waals surface area contributed by atoms with Gasteiger partial charge in [-0.15, -0.1) is 0 Å². The minimum Gasteiger partial charge on any atom is -0.397 e. The quantitative estimate of drug-likeness (QED) is 0.0819. The van der Waals surface area contributed by atoms with E-state index in [1.54, 1.807) is 26.2 Å². The Labute approximate surface area is 248 Å². The summed E-state index contributed by atoms with van der Waals surface area (Å²) in [5, 5.41) is 19.8. The molecule has 0 fully saturated rings. The molecule has 7 N–H and O–H groups in total. The van der Waals surface area contributed by atoms with Gasteiger partial charge in [0.15, 0.2) is 5.82 Å². The third kappa shape index (κ3) is 10.1. The van der Waals surface area contributed by atoms with Crippen LogP contribution in [0.1, 0.15) is 24.8 Å². The van der Waals surface area contributed by atoms with Crippen LogP contribution in [0, 0.1) is 18.2 Å². The van der Waals surface area contributed by atoms with Gasteiger partial charge in [-0.1, -0.05) is 0 Å². The number of amidine groups is 1. The van der Waals surface area contributed by atoms with Crippen molar-refractivity contribution in [2.24, 2.45) is 0 Å². The van der Waals surface area contributed by atoms with Crippen molar-refractivity contribution in [1.29, 1.82) is 5.41 Å². The summed E-state index contributed by atoms with van der Waals surface area (Å²) in [5.41, 5.74) is 8.17. The molecule has 232 valence electrons. The Morgan fingerprint density at radius 1 is 0.977 bits per heavy atom. The molecule has 1 aromatic heterocycles. The molecule has 0 radical (unpaired) electrons. The second-order valence-corrected chi connectivity index (χ2v) is 9.52. The maximum Gasteiger partial charge on any atom is 0.227 e. The van der Waals surface area contributed by atoms with Crippen LogP contribution in [0.25, 0.3) is 23.4 Å². The van der Waals surface area contributed by atoms with Crippen LogP contribution in [0.5, 0.6) is 0 Å². The summed E-state index contributed by atoms with van der Waals surface area (Å²) in [7, 11) is 1.57. The van der Waals surface area contributed by atoms with E-state index >= 15 is 4.39 Å². The number of aromatic nitrogens is 1. The number of benzene rings is 1. The molecule has 14 heteroatoms. The van der Waals surface area contributed by atoms with E-state index in [9.17, 15) is 14.4 Å². The monoisotopic (exact) mass is 599 g/mol. The molecule has 3 amide bonds. The molecule has 2 aromatic rings. The predicted octanol–water partition coefficient (Wildman–Crippen LogP) is -0.102. The standard InChI is InChI=1S/C29H38FN7O6/c1-18-21(15-34-17-23(18)31)20-13-19(22-16-36-29(22)28(20)30)14-24(32)37-27(40)3-6-35-26(39)5-8-42-10-12-43-11-9-41-7-4-25(38)33-2/h13-17,36H,3-12,31H2,1-2H3,(H,33,38)(H,35,39)(H2,32,37,40). The SMILES string of the molecule is CNC(=O)CCOCCOCCOCCC(=O)NCCC(=O)NC(=N)C=c1cc(-c2cncc(N)c2C)c(F)c2c1=CN2. The third-order valence-corrected chi connectivity index (χ3v) is 6.46. The van der Waals surface area contributed by atoms with Crippen LogP contribution in [-0.4, -0.2) is 81.8 Å². The molecule has 2 heterocycles. The average molecular weight is 600 g/mol. The number of halogens is 1. The molecule has 0 bridgehead atoms. The highest BCUT2D eigenvalue weighted by Gasteiger charge is 2.19. The number of carbonyl (C=O) groups is 3. The molecule has 0 aliphatic carbocycles.